The molecule has 22 heavy (non-hydrogen) atoms. The van der Waals surface area contributed by atoms with Crippen LogP contribution in [0.5, 0.6) is 5.88 Å². The van der Waals surface area contributed by atoms with Gasteiger partial charge in [0.2, 0.25) is 5.88 Å². The van der Waals surface area contributed by atoms with Gasteiger partial charge in [-0.05, 0) is 13.0 Å². The molecule has 0 aliphatic carbocycles. The van der Waals surface area contributed by atoms with Crippen LogP contribution in [0.15, 0.2) is 23.7 Å². The van der Waals surface area contributed by atoms with Crippen LogP contribution in [-0.2, 0) is 11.3 Å². The van der Waals surface area contributed by atoms with Gasteiger partial charge < -0.3 is 20.1 Å². The number of ether oxygens (including phenoxy) is 2. The van der Waals surface area contributed by atoms with Crippen molar-refractivity contribution in [2.24, 2.45) is 0 Å². The van der Waals surface area contributed by atoms with E-state index in [0.717, 1.165) is 10.7 Å². The third-order valence-corrected chi connectivity index (χ3v) is 3.57. The minimum atomic E-state index is -0.303. The first-order chi connectivity index (χ1) is 10.7. The maximum atomic E-state index is 11.8. The molecule has 0 radical (unpaired) electrons. The van der Waals surface area contributed by atoms with Crippen molar-refractivity contribution in [3.05, 3.63) is 34.4 Å². The fourth-order valence-corrected chi connectivity index (χ4v) is 2.30. The molecule has 2 heterocycles. The Balaban J connectivity index is 1.76. The van der Waals surface area contributed by atoms with E-state index in [1.165, 1.54) is 17.5 Å². The number of pyridine rings is 1. The van der Waals surface area contributed by atoms with Gasteiger partial charge in [-0.1, -0.05) is 0 Å². The molecule has 0 saturated carbocycles. The molecule has 0 aromatic carbocycles. The molecule has 2 amide bonds. The Labute approximate surface area is 132 Å². The lowest BCUT2D eigenvalue weighted by atomic mass is 10.4. The summed E-state index contributed by atoms with van der Waals surface area (Å²) in [5.41, 5.74) is 1.54. The number of rotatable bonds is 7. The highest BCUT2D eigenvalue weighted by Crippen LogP contribution is 2.12. The van der Waals surface area contributed by atoms with Crippen molar-refractivity contribution in [2.45, 2.75) is 13.5 Å². The average molecular weight is 322 g/mol. The molecule has 0 aliphatic rings. The lowest BCUT2D eigenvalue weighted by Crippen LogP contribution is -2.28. The Hall–Kier alpha value is -2.19. The molecule has 118 valence electrons. The van der Waals surface area contributed by atoms with Crippen LogP contribution < -0.4 is 15.4 Å². The molecule has 2 aromatic rings. The number of thiazole rings is 1. The van der Waals surface area contributed by atoms with Crippen molar-refractivity contribution in [1.82, 2.24) is 15.3 Å². The second-order valence-corrected chi connectivity index (χ2v) is 5.36. The van der Waals surface area contributed by atoms with Gasteiger partial charge in [0.05, 0.1) is 25.0 Å². The van der Waals surface area contributed by atoms with Crippen molar-refractivity contribution >= 4 is 23.1 Å². The van der Waals surface area contributed by atoms with E-state index in [2.05, 4.69) is 20.6 Å². The van der Waals surface area contributed by atoms with E-state index in [-0.39, 0.29) is 6.03 Å². The Kier molecular flexibility index (Phi) is 6.11. The molecule has 0 atom stereocenters. The normalized spacial score (nSPS) is 10.3. The number of nitrogens with one attached hydrogen (secondary N) is 2. The molecule has 2 N–H and O–H groups in total. The van der Waals surface area contributed by atoms with E-state index in [9.17, 15) is 4.79 Å². The fraction of sp³-hybridized carbons (Fsp3) is 0.357. The lowest BCUT2D eigenvalue weighted by molar-refractivity contribution is 0.144. The second kappa shape index (κ2) is 8.30. The highest BCUT2D eigenvalue weighted by Gasteiger charge is 2.04. The highest BCUT2D eigenvalue weighted by atomic mass is 32.1. The number of aromatic nitrogens is 2. The van der Waals surface area contributed by atoms with Crippen LogP contribution in [0.25, 0.3) is 0 Å². The summed E-state index contributed by atoms with van der Waals surface area (Å²) in [7, 11) is 1.61. The van der Waals surface area contributed by atoms with Gasteiger partial charge in [-0.2, -0.15) is 0 Å². The minimum absolute atomic E-state index is 0.303. The largest absolute Gasteiger partial charge is 0.475 e. The molecular formula is C14H18N4O3S. The summed E-state index contributed by atoms with van der Waals surface area (Å²) in [6.45, 7) is 3.25. The Bertz CT molecular complexity index is 600. The summed E-state index contributed by atoms with van der Waals surface area (Å²) < 4.78 is 10.2. The van der Waals surface area contributed by atoms with Crippen LogP contribution >= 0.6 is 11.3 Å². The van der Waals surface area contributed by atoms with Crippen LogP contribution in [0, 0.1) is 6.92 Å². The Morgan fingerprint density at radius 2 is 2.23 bits per heavy atom. The van der Waals surface area contributed by atoms with E-state index < -0.39 is 0 Å². The monoisotopic (exact) mass is 322 g/mol. The summed E-state index contributed by atoms with van der Waals surface area (Å²) in [5.74, 6) is 0.487. The minimum Gasteiger partial charge on any atom is -0.475 e. The van der Waals surface area contributed by atoms with Gasteiger partial charge in [0, 0.05) is 24.3 Å². The second-order valence-electron chi connectivity index (χ2n) is 4.42. The van der Waals surface area contributed by atoms with Crippen LogP contribution in [0.4, 0.5) is 10.5 Å². The van der Waals surface area contributed by atoms with Gasteiger partial charge in [0.1, 0.15) is 11.6 Å². The first-order valence-corrected chi connectivity index (χ1v) is 7.59. The molecule has 0 bridgehead atoms. The van der Waals surface area contributed by atoms with E-state index >= 15 is 0 Å². The molecule has 7 nitrogen and oxygen atoms in total. The smallest absolute Gasteiger partial charge is 0.319 e. The molecule has 2 aromatic heterocycles. The zero-order valence-electron chi connectivity index (χ0n) is 12.5. The third kappa shape index (κ3) is 5.30. The fourth-order valence-electron chi connectivity index (χ4n) is 1.58. The SMILES string of the molecule is COCCOc1ccc(NC(=O)NCc2nc(C)cs2)cn1. The standard InChI is InChI=1S/C14H18N4O3S/c1-10-9-22-13(17-10)8-16-14(19)18-11-3-4-12(15-7-11)21-6-5-20-2/h3-4,7,9H,5-6,8H2,1-2H3,(H2,16,18,19). The third-order valence-electron chi connectivity index (χ3n) is 2.60. The summed E-state index contributed by atoms with van der Waals surface area (Å²) in [5, 5.41) is 8.25. The van der Waals surface area contributed by atoms with Gasteiger partial charge in [0.25, 0.3) is 0 Å². The molecule has 0 saturated heterocycles. The molecule has 0 unspecified atom stereocenters. The number of urea groups is 1. The number of carbonyl (C=O) groups is 1. The van der Waals surface area contributed by atoms with E-state index in [1.54, 1.807) is 19.2 Å². The van der Waals surface area contributed by atoms with Crippen molar-refractivity contribution < 1.29 is 14.3 Å². The Morgan fingerprint density at radius 3 is 2.86 bits per heavy atom. The molecular weight excluding hydrogens is 304 g/mol. The van der Waals surface area contributed by atoms with E-state index in [4.69, 9.17) is 9.47 Å². The molecule has 2 rings (SSSR count). The maximum Gasteiger partial charge on any atom is 0.319 e. The summed E-state index contributed by atoms with van der Waals surface area (Å²) >= 11 is 1.52. The number of nitrogens with zero attached hydrogens (tertiary/aromatic N) is 2. The predicted octanol–water partition coefficient (Wildman–Crippen LogP) is 2.19. The number of hydrogen-bond acceptors (Lipinski definition) is 6. The maximum absolute atomic E-state index is 11.8. The van der Waals surface area contributed by atoms with Crippen LogP contribution in [0.1, 0.15) is 10.7 Å². The van der Waals surface area contributed by atoms with Gasteiger partial charge in [0.15, 0.2) is 0 Å². The number of anilines is 1. The highest BCUT2D eigenvalue weighted by molar-refractivity contribution is 7.09. The zero-order chi connectivity index (χ0) is 15.8. The summed E-state index contributed by atoms with van der Waals surface area (Å²) in [6, 6.07) is 3.11. The summed E-state index contributed by atoms with van der Waals surface area (Å²) in [4.78, 5) is 20.1. The molecule has 0 aliphatic heterocycles. The molecule has 0 fully saturated rings. The summed E-state index contributed by atoms with van der Waals surface area (Å²) in [6.07, 6.45) is 1.54. The van der Waals surface area contributed by atoms with E-state index in [1.807, 2.05) is 12.3 Å². The Morgan fingerprint density at radius 1 is 1.36 bits per heavy atom. The van der Waals surface area contributed by atoms with Gasteiger partial charge in [-0.3, -0.25) is 0 Å². The number of aryl methyl sites for hydroxylation is 1. The average Bonchev–Trinajstić information content (AvgIpc) is 2.93. The van der Waals surface area contributed by atoms with Gasteiger partial charge >= 0.3 is 6.03 Å². The topological polar surface area (TPSA) is 85.4 Å². The van der Waals surface area contributed by atoms with Gasteiger partial charge in [-0.25, -0.2) is 14.8 Å². The van der Waals surface area contributed by atoms with Crippen LogP contribution in [-0.4, -0.2) is 36.3 Å². The van der Waals surface area contributed by atoms with Crippen LogP contribution in [0.3, 0.4) is 0 Å². The van der Waals surface area contributed by atoms with Gasteiger partial charge in [-0.15, -0.1) is 11.3 Å². The number of methoxy groups -OCH3 is 1. The van der Waals surface area contributed by atoms with Crippen molar-refractivity contribution in [3.63, 3.8) is 0 Å². The molecule has 0 spiro atoms. The predicted molar refractivity (Wildman–Crippen MR) is 84.3 cm³/mol. The quantitative estimate of drug-likeness (QED) is 0.763. The number of hydrogen-bond donors (Lipinski definition) is 2. The first-order valence-electron chi connectivity index (χ1n) is 6.71. The number of carbonyl (C=O) groups excluding carboxylic acids is 1. The zero-order valence-corrected chi connectivity index (χ0v) is 13.3. The van der Waals surface area contributed by atoms with Crippen molar-refractivity contribution in [2.75, 3.05) is 25.6 Å². The number of amides is 2. The van der Waals surface area contributed by atoms with Crippen molar-refractivity contribution in [1.29, 1.82) is 0 Å². The van der Waals surface area contributed by atoms with Crippen molar-refractivity contribution in [3.8, 4) is 5.88 Å². The first kappa shape index (κ1) is 16.2. The molecule has 8 heteroatoms. The lowest BCUT2D eigenvalue weighted by Gasteiger charge is -2.07. The van der Waals surface area contributed by atoms with E-state index in [0.29, 0.717) is 31.3 Å². The van der Waals surface area contributed by atoms with Crippen LogP contribution in [0.2, 0.25) is 0 Å².